The van der Waals surface area contributed by atoms with Gasteiger partial charge in [-0.1, -0.05) is 19.3 Å². The maximum atomic E-state index is 11.1. The van der Waals surface area contributed by atoms with Gasteiger partial charge in [-0.2, -0.15) is 0 Å². The zero-order valence-electron chi connectivity index (χ0n) is 9.26. The van der Waals surface area contributed by atoms with Gasteiger partial charge >= 0.3 is 13.9 Å². The van der Waals surface area contributed by atoms with Crippen LogP contribution in [0.5, 0.6) is 0 Å². The summed E-state index contributed by atoms with van der Waals surface area (Å²) >= 11 is 0. The Kier molecular flexibility index (Phi) is 4.77. The van der Waals surface area contributed by atoms with Crippen LogP contribution in [0, 0.1) is 5.92 Å². The number of amides is 1. The molecular weight excluding hydrogens is 233 g/mol. The molecule has 0 bridgehead atoms. The zero-order valence-corrected chi connectivity index (χ0v) is 10.2. The van der Waals surface area contributed by atoms with Crippen molar-refractivity contribution in [1.82, 2.24) is 5.32 Å². The second kappa shape index (κ2) is 5.66. The molecule has 1 fully saturated rings. The second-order valence-electron chi connectivity index (χ2n) is 4.20. The first-order valence-corrected chi connectivity index (χ1v) is 6.97. The number of phosphoric acid groups is 1. The van der Waals surface area contributed by atoms with Crippen LogP contribution >= 0.6 is 7.82 Å². The molecule has 0 aromatic heterocycles. The van der Waals surface area contributed by atoms with Gasteiger partial charge in [-0.3, -0.25) is 9.79 Å². The third-order valence-corrected chi connectivity index (χ3v) is 3.31. The fourth-order valence-electron chi connectivity index (χ4n) is 2.07. The number of hydrogen-bond donors (Lipinski definition) is 3. The zero-order chi connectivity index (χ0) is 12.2. The molecule has 0 saturated heterocycles. The van der Waals surface area contributed by atoms with Gasteiger partial charge in [-0.15, -0.1) is 0 Å². The normalized spacial score (nSPS) is 20.2. The number of phosphoric ester groups is 1. The van der Waals surface area contributed by atoms with E-state index in [-0.39, 0.29) is 6.04 Å². The Labute approximate surface area is 94.6 Å². The molecule has 0 radical (unpaired) electrons. The second-order valence-corrected chi connectivity index (χ2v) is 5.36. The predicted molar refractivity (Wildman–Crippen MR) is 57.7 cm³/mol. The van der Waals surface area contributed by atoms with Crippen LogP contribution < -0.4 is 5.32 Å². The van der Waals surface area contributed by atoms with Gasteiger partial charge in [-0.25, -0.2) is 9.36 Å². The molecule has 1 aliphatic rings. The highest BCUT2D eigenvalue weighted by molar-refractivity contribution is 7.46. The lowest BCUT2D eigenvalue weighted by molar-refractivity contribution is 0.166. The van der Waals surface area contributed by atoms with Crippen molar-refractivity contribution in [3.63, 3.8) is 0 Å². The van der Waals surface area contributed by atoms with Gasteiger partial charge in [0, 0.05) is 6.04 Å². The van der Waals surface area contributed by atoms with Crippen molar-refractivity contribution in [2.24, 2.45) is 5.92 Å². The summed E-state index contributed by atoms with van der Waals surface area (Å²) in [6, 6.07) is -0.112. The number of rotatable bonds is 3. The van der Waals surface area contributed by atoms with Gasteiger partial charge < -0.3 is 9.84 Å². The minimum absolute atomic E-state index is 0.112. The van der Waals surface area contributed by atoms with Crippen LogP contribution in [0.15, 0.2) is 0 Å². The van der Waals surface area contributed by atoms with Crippen molar-refractivity contribution in [3.8, 4) is 0 Å². The highest BCUT2D eigenvalue weighted by Gasteiger charge is 2.25. The van der Waals surface area contributed by atoms with Gasteiger partial charge in [0.2, 0.25) is 0 Å². The van der Waals surface area contributed by atoms with Crippen molar-refractivity contribution >= 4 is 13.9 Å². The summed E-state index contributed by atoms with van der Waals surface area (Å²) in [4.78, 5) is 28.0. The largest absolute Gasteiger partial charge is 0.528 e. The fraction of sp³-hybridized carbons (Fsp3) is 0.889. The quantitative estimate of drug-likeness (QED) is 0.664. The Morgan fingerprint density at radius 3 is 2.44 bits per heavy atom. The van der Waals surface area contributed by atoms with E-state index in [1.165, 1.54) is 6.42 Å². The molecule has 7 heteroatoms. The lowest BCUT2D eigenvalue weighted by Gasteiger charge is -2.27. The van der Waals surface area contributed by atoms with E-state index in [4.69, 9.17) is 9.79 Å². The lowest BCUT2D eigenvalue weighted by Crippen LogP contribution is -2.38. The van der Waals surface area contributed by atoms with Crippen LogP contribution in [0.25, 0.3) is 0 Å². The SMILES string of the molecule is C[C@H](NC(=O)OP(=O)(O)O)C1CCCCC1. The topological polar surface area (TPSA) is 95.9 Å². The summed E-state index contributed by atoms with van der Waals surface area (Å²) in [5.74, 6) is 0.373. The average molecular weight is 251 g/mol. The first-order chi connectivity index (χ1) is 7.38. The highest BCUT2D eigenvalue weighted by atomic mass is 31.2. The summed E-state index contributed by atoms with van der Waals surface area (Å²) in [7, 11) is -4.73. The molecule has 1 atom stereocenters. The molecule has 1 saturated carbocycles. The van der Waals surface area contributed by atoms with Gasteiger partial charge in [-0.05, 0) is 25.7 Å². The molecule has 1 amide bonds. The van der Waals surface area contributed by atoms with E-state index in [0.29, 0.717) is 5.92 Å². The molecular formula is C9H18NO5P. The summed E-state index contributed by atoms with van der Waals surface area (Å²) in [5, 5.41) is 2.45. The molecule has 0 heterocycles. The maximum absolute atomic E-state index is 11.1. The van der Waals surface area contributed by atoms with Crippen LogP contribution in [-0.2, 0) is 9.09 Å². The third-order valence-electron chi connectivity index (χ3n) is 2.90. The van der Waals surface area contributed by atoms with Crippen molar-refractivity contribution in [2.75, 3.05) is 0 Å². The number of nitrogens with one attached hydrogen (secondary N) is 1. The van der Waals surface area contributed by atoms with Gasteiger partial charge in [0.05, 0.1) is 0 Å². The summed E-state index contributed by atoms with van der Waals surface area (Å²) < 4.78 is 14.3. The standard InChI is InChI=1S/C9H18NO5P/c1-7(8-5-3-2-4-6-8)10-9(11)15-16(12,13)14/h7-8H,2-6H2,1H3,(H,10,11)(H2,12,13,14)/t7-/m0/s1. The smallest absolute Gasteiger partial charge is 0.354 e. The van der Waals surface area contributed by atoms with Crippen molar-refractivity contribution in [1.29, 1.82) is 0 Å². The Morgan fingerprint density at radius 2 is 1.94 bits per heavy atom. The minimum Gasteiger partial charge on any atom is -0.354 e. The number of carbonyl (C=O) groups excluding carboxylic acids is 1. The molecule has 6 nitrogen and oxygen atoms in total. The minimum atomic E-state index is -4.73. The summed E-state index contributed by atoms with van der Waals surface area (Å²) in [6.07, 6.45) is 4.53. The first kappa shape index (κ1) is 13.5. The van der Waals surface area contributed by atoms with Crippen LogP contribution in [-0.4, -0.2) is 21.9 Å². The third kappa shape index (κ3) is 4.96. The molecule has 0 unspecified atom stereocenters. The Bertz CT molecular complexity index is 284. The van der Waals surface area contributed by atoms with Gasteiger partial charge in [0.15, 0.2) is 0 Å². The van der Waals surface area contributed by atoms with Crippen molar-refractivity contribution in [3.05, 3.63) is 0 Å². The monoisotopic (exact) mass is 251 g/mol. The summed E-state index contributed by atoms with van der Waals surface area (Å²) in [5.41, 5.74) is 0. The molecule has 16 heavy (non-hydrogen) atoms. The Morgan fingerprint density at radius 1 is 1.38 bits per heavy atom. The molecule has 0 aromatic rings. The molecule has 3 N–H and O–H groups in total. The number of carbonyl (C=O) groups is 1. The van der Waals surface area contributed by atoms with Crippen LogP contribution in [0.1, 0.15) is 39.0 Å². The van der Waals surface area contributed by atoms with Crippen LogP contribution in [0.3, 0.4) is 0 Å². The highest BCUT2D eigenvalue weighted by Crippen LogP contribution is 2.36. The first-order valence-electron chi connectivity index (χ1n) is 5.44. The van der Waals surface area contributed by atoms with Crippen molar-refractivity contribution in [2.45, 2.75) is 45.1 Å². The van der Waals surface area contributed by atoms with E-state index in [1.807, 2.05) is 6.92 Å². The summed E-state index contributed by atoms with van der Waals surface area (Å²) in [6.45, 7) is 1.83. The molecule has 94 valence electrons. The fourth-order valence-corrected chi connectivity index (χ4v) is 2.34. The lowest BCUT2D eigenvalue weighted by atomic mass is 9.85. The van der Waals surface area contributed by atoms with E-state index < -0.39 is 13.9 Å². The van der Waals surface area contributed by atoms with Gasteiger partial charge in [0.25, 0.3) is 0 Å². The molecule has 0 aromatic carbocycles. The Balaban J connectivity index is 2.35. The number of hydrogen-bond acceptors (Lipinski definition) is 3. The predicted octanol–water partition coefficient (Wildman–Crippen LogP) is 1.77. The molecule has 1 aliphatic carbocycles. The van der Waals surface area contributed by atoms with E-state index in [9.17, 15) is 9.36 Å². The van der Waals surface area contributed by atoms with Crippen LogP contribution in [0.4, 0.5) is 4.79 Å². The van der Waals surface area contributed by atoms with Gasteiger partial charge in [0.1, 0.15) is 0 Å². The molecule has 0 spiro atoms. The van der Waals surface area contributed by atoms with Crippen molar-refractivity contribution < 1.29 is 23.7 Å². The Hall–Kier alpha value is -0.580. The van der Waals surface area contributed by atoms with E-state index >= 15 is 0 Å². The van der Waals surface area contributed by atoms with Crippen LogP contribution in [0.2, 0.25) is 0 Å². The molecule has 1 rings (SSSR count). The van der Waals surface area contributed by atoms with E-state index in [1.54, 1.807) is 0 Å². The van der Waals surface area contributed by atoms with E-state index in [0.717, 1.165) is 25.7 Å². The molecule has 0 aliphatic heterocycles. The van der Waals surface area contributed by atoms with E-state index in [2.05, 4.69) is 9.84 Å². The maximum Gasteiger partial charge on any atom is 0.528 e. The average Bonchev–Trinajstić information content (AvgIpc) is 2.16.